The highest BCUT2D eigenvalue weighted by atomic mass is 16.5. The number of carbonyl (C=O) groups is 1. The first-order chi connectivity index (χ1) is 18.5. The lowest BCUT2D eigenvalue weighted by Crippen LogP contribution is -2.38. The van der Waals surface area contributed by atoms with E-state index in [2.05, 4.69) is 12.1 Å². The lowest BCUT2D eigenvalue weighted by Gasteiger charge is -2.41. The first-order valence-corrected chi connectivity index (χ1v) is 12.4. The van der Waals surface area contributed by atoms with Crippen LogP contribution in [0.5, 0.6) is 5.75 Å². The van der Waals surface area contributed by atoms with Gasteiger partial charge in [-0.1, -0.05) is 42.5 Å². The molecule has 0 bridgehead atoms. The molecule has 1 unspecified atom stereocenters. The van der Waals surface area contributed by atoms with Crippen LogP contribution < -0.4 is 10.4 Å². The number of hydrogen-bond acceptors (Lipinski definition) is 6. The molecule has 0 spiro atoms. The molecule has 0 saturated heterocycles. The van der Waals surface area contributed by atoms with E-state index in [1.807, 2.05) is 36.4 Å². The van der Waals surface area contributed by atoms with E-state index in [-0.39, 0.29) is 17.8 Å². The summed E-state index contributed by atoms with van der Waals surface area (Å²) in [5, 5.41) is 22.1. The van der Waals surface area contributed by atoms with Gasteiger partial charge in [0, 0.05) is 23.3 Å². The fourth-order valence-corrected chi connectivity index (χ4v) is 6.05. The molecule has 1 aromatic heterocycles. The second-order valence-corrected chi connectivity index (χ2v) is 9.63. The average Bonchev–Trinajstić information content (AvgIpc) is 2.97. The van der Waals surface area contributed by atoms with Crippen LogP contribution in [0.1, 0.15) is 51.4 Å². The summed E-state index contributed by atoms with van der Waals surface area (Å²) in [4.78, 5) is 27.2. The minimum absolute atomic E-state index is 0.206. The third kappa shape index (κ3) is 3.31. The summed E-state index contributed by atoms with van der Waals surface area (Å²) < 4.78 is 10.9. The Morgan fingerprint density at radius 2 is 1.71 bits per heavy atom. The summed E-state index contributed by atoms with van der Waals surface area (Å²) in [7, 11) is 1.54. The van der Waals surface area contributed by atoms with Gasteiger partial charge in [0.25, 0.3) is 0 Å². The SMILES string of the molecule is COc1ccc(C(=O)CC2c3c(c4ccccc4oc3=O)C3=C(c4ccccc4CC3)C2(C#N)C#N)cc1. The summed E-state index contributed by atoms with van der Waals surface area (Å²) in [5.41, 5.74) is 2.65. The van der Waals surface area contributed by atoms with Crippen molar-refractivity contribution >= 4 is 27.9 Å². The Morgan fingerprint density at radius 3 is 2.45 bits per heavy atom. The number of para-hydroxylation sites is 1. The maximum atomic E-state index is 13.6. The van der Waals surface area contributed by atoms with Gasteiger partial charge in [-0.3, -0.25) is 4.79 Å². The number of Topliss-reactive ketones (excluding diaryl/α,β-unsaturated/α-hetero) is 1. The van der Waals surface area contributed by atoms with Crippen LogP contribution in [-0.4, -0.2) is 12.9 Å². The Balaban J connectivity index is 1.66. The zero-order valence-corrected chi connectivity index (χ0v) is 20.7. The standard InChI is InChI=1S/C32H22N2O4/c1-37-21-13-10-20(11-14-21)26(35)16-25-29-28(23-8-4-5-9-27(23)38-31(29)36)24-15-12-19-6-2-3-7-22(19)30(24)32(25,17-33)18-34/h2-11,13-14,25H,12,15-16H2,1H3. The minimum atomic E-state index is -1.75. The number of benzene rings is 3. The van der Waals surface area contributed by atoms with Crippen molar-refractivity contribution < 1.29 is 13.9 Å². The minimum Gasteiger partial charge on any atom is -0.497 e. The van der Waals surface area contributed by atoms with Crippen LogP contribution in [0.4, 0.5) is 0 Å². The zero-order valence-electron chi connectivity index (χ0n) is 20.7. The van der Waals surface area contributed by atoms with Gasteiger partial charge >= 0.3 is 5.63 Å². The molecule has 2 aliphatic carbocycles. The molecule has 6 nitrogen and oxygen atoms in total. The number of carbonyl (C=O) groups excluding carboxylic acids is 1. The van der Waals surface area contributed by atoms with Gasteiger partial charge in [0.2, 0.25) is 0 Å². The van der Waals surface area contributed by atoms with Gasteiger partial charge in [-0.25, -0.2) is 4.79 Å². The Hall–Kier alpha value is -4.94. The van der Waals surface area contributed by atoms with Crippen LogP contribution in [0, 0.1) is 28.1 Å². The molecular formula is C32H22N2O4. The summed E-state index contributed by atoms with van der Waals surface area (Å²) in [6.45, 7) is 0. The van der Waals surface area contributed by atoms with E-state index >= 15 is 0 Å². The van der Waals surface area contributed by atoms with Crippen molar-refractivity contribution in [1.29, 1.82) is 10.5 Å². The molecule has 0 saturated carbocycles. The number of ketones is 1. The Morgan fingerprint density at radius 1 is 1.00 bits per heavy atom. The number of methoxy groups -OCH3 is 1. The van der Waals surface area contributed by atoms with Gasteiger partial charge in [-0.2, -0.15) is 10.5 Å². The van der Waals surface area contributed by atoms with Gasteiger partial charge < -0.3 is 9.15 Å². The highest BCUT2D eigenvalue weighted by molar-refractivity contribution is 6.08. The molecule has 38 heavy (non-hydrogen) atoms. The van der Waals surface area contributed by atoms with Gasteiger partial charge in [0.05, 0.1) is 24.8 Å². The van der Waals surface area contributed by atoms with E-state index in [9.17, 15) is 20.1 Å². The molecule has 0 radical (unpaired) electrons. The number of allylic oxidation sites excluding steroid dienone is 2. The smallest absolute Gasteiger partial charge is 0.340 e. The first kappa shape index (κ1) is 23.5. The number of fused-ring (bicyclic) bond motifs is 6. The number of rotatable bonds is 4. The molecule has 1 atom stereocenters. The third-order valence-corrected chi connectivity index (χ3v) is 7.80. The molecule has 0 aliphatic heterocycles. The fraction of sp³-hybridized carbons (Fsp3) is 0.188. The topological polar surface area (TPSA) is 104 Å². The molecule has 0 N–H and O–H groups in total. The quantitative estimate of drug-likeness (QED) is 0.250. The summed E-state index contributed by atoms with van der Waals surface area (Å²) in [6, 6.07) is 26.3. The van der Waals surface area contributed by atoms with Crippen LogP contribution >= 0.6 is 0 Å². The number of nitrogens with zero attached hydrogens (tertiary/aromatic N) is 2. The first-order valence-electron chi connectivity index (χ1n) is 12.4. The molecule has 1 heterocycles. The number of nitriles is 2. The maximum Gasteiger partial charge on any atom is 0.340 e. The van der Waals surface area contributed by atoms with Crippen LogP contribution in [0.3, 0.4) is 0 Å². The highest BCUT2D eigenvalue weighted by Crippen LogP contribution is 2.59. The van der Waals surface area contributed by atoms with Gasteiger partial charge in [0.15, 0.2) is 11.2 Å². The van der Waals surface area contributed by atoms with Crippen molar-refractivity contribution in [2.45, 2.75) is 25.2 Å². The number of aryl methyl sites for hydroxylation is 1. The predicted molar refractivity (Wildman–Crippen MR) is 142 cm³/mol. The highest BCUT2D eigenvalue weighted by Gasteiger charge is 2.53. The van der Waals surface area contributed by atoms with Crippen LogP contribution in [0.2, 0.25) is 0 Å². The van der Waals surface area contributed by atoms with Crippen LogP contribution in [0.25, 0.3) is 22.1 Å². The van der Waals surface area contributed by atoms with E-state index in [0.717, 1.165) is 22.1 Å². The van der Waals surface area contributed by atoms with Crippen molar-refractivity contribution in [1.82, 2.24) is 0 Å². The van der Waals surface area contributed by atoms with E-state index in [4.69, 9.17) is 9.15 Å². The molecule has 6 rings (SSSR count). The lowest BCUT2D eigenvalue weighted by atomic mass is 9.57. The second-order valence-electron chi connectivity index (χ2n) is 9.63. The summed E-state index contributed by atoms with van der Waals surface area (Å²) >= 11 is 0. The van der Waals surface area contributed by atoms with Crippen molar-refractivity contribution in [2.75, 3.05) is 7.11 Å². The van der Waals surface area contributed by atoms with Crippen molar-refractivity contribution in [3.8, 4) is 17.9 Å². The van der Waals surface area contributed by atoms with Crippen molar-refractivity contribution in [3.05, 3.63) is 111 Å². The molecule has 2 aliphatic rings. The normalized spacial score (nSPS) is 17.0. The summed E-state index contributed by atoms with van der Waals surface area (Å²) in [5.74, 6) is -0.694. The Bertz CT molecular complexity index is 1780. The Labute approximate surface area is 219 Å². The van der Waals surface area contributed by atoms with Crippen molar-refractivity contribution in [3.63, 3.8) is 0 Å². The third-order valence-electron chi connectivity index (χ3n) is 7.80. The van der Waals surface area contributed by atoms with Crippen LogP contribution in [-0.2, 0) is 6.42 Å². The number of hydrogen-bond donors (Lipinski definition) is 0. The lowest BCUT2D eigenvalue weighted by molar-refractivity contribution is 0.0966. The molecule has 184 valence electrons. The van der Waals surface area contributed by atoms with E-state index in [1.54, 1.807) is 43.5 Å². The number of ether oxygens (including phenoxy) is 1. The fourth-order valence-electron chi connectivity index (χ4n) is 6.05. The predicted octanol–water partition coefficient (Wildman–Crippen LogP) is 6.06. The monoisotopic (exact) mass is 498 g/mol. The van der Waals surface area contributed by atoms with Gasteiger partial charge in [-0.05, 0) is 71.0 Å². The summed E-state index contributed by atoms with van der Waals surface area (Å²) in [6.07, 6.45) is 1.07. The second kappa shape index (κ2) is 8.87. The molecule has 4 aromatic rings. The molecule has 3 aromatic carbocycles. The van der Waals surface area contributed by atoms with E-state index < -0.39 is 17.0 Å². The van der Waals surface area contributed by atoms with E-state index in [0.29, 0.717) is 40.9 Å². The average molecular weight is 499 g/mol. The molecule has 0 amide bonds. The van der Waals surface area contributed by atoms with Gasteiger partial charge in [-0.15, -0.1) is 0 Å². The van der Waals surface area contributed by atoms with Crippen LogP contribution in [0.15, 0.2) is 82.0 Å². The van der Waals surface area contributed by atoms with Gasteiger partial charge in [0.1, 0.15) is 11.3 Å². The molecular weight excluding hydrogens is 476 g/mol. The Kier molecular flexibility index (Phi) is 5.47. The largest absolute Gasteiger partial charge is 0.497 e. The zero-order chi connectivity index (χ0) is 26.4. The maximum absolute atomic E-state index is 13.6. The van der Waals surface area contributed by atoms with E-state index in [1.165, 1.54) is 0 Å². The van der Waals surface area contributed by atoms with Crippen molar-refractivity contribution in [2.24, 2.45) is 5.41 Å². The molecule has 6 heteroatoms. The molecule has 0 fully saturated rings.